The molecule has 0 unspecified atom stereocenters. The molecule has 0 aliphatic carbocycles. The summed E-state index contributed by atoms with van der Waals surface area (Å²) < 4.78 is 9.91. The van der Waals surface area contributed by atoms with E-state index in [9.17, 15) is 9.59 Å². The van der Waals surface area contributed by atoms with Crippen molar-refractivity contribution >= 4 is 23.3 Å². The predicted molar refractivity (Wildman–Crippen MR) is 124 cm³/mol. The lowest BCUT2D eigenvalue weighted by Gasteiger charge is -2.14. The first kappa shape index (κ1) is 25.4. The average molecular weight is 455 g/mol. The molecule has 0 N–H and O–H groups in total. The smallest absolute Gasteiger partial charge is 0.338 e. The van der Waals surface area contributed by atoms with Gasteiger partial charge >= 0.3 is 11.9 Å². The Kier molecular flexibility index (Phi) is 10.5. The maximum Gasteiger partial charge on any atom is 0.338 e. The maximum atomic E-state index is 11.7. The summed E-state index contributed by atoms with van der Waals surface area (Å²) in [5, 5.41) is 20.1. The summed E-state index contributed by atoms with van der Waals surface area (Å²) in [6.07, 6.45) is 0.800. The van der Waals surface area contributed by atoms with Crippen molar-refractivity contribution in [3.05, 3.63) is 59.7 Å². The predicted octanol–water partition coefficient (Wildman–Crippen LogP) is 4.99. The summed E-state index contributed by atoms with van der Waals surface area (Å²) in [5.74, 6) is -0.707. The topological polar surface area (TPSA) is 109 Å². The second kappa shape index (κ2) is 13.6. The summed E-state index contributed by atoms with van der Waals surface area (Å²) in [7, 11) is 3.67. The van der Waals surface area contributed by atoms with Crippen LogP contribution in [0.2, 0.25) is 0 Å². The molecule has 2 aromatic carbocycles. The van der Waals surface area contributed by atoms with E-state index in [1.54, 1.807) is 72.4 Å². The largest absolute Gasteiger partial charge is 0.462 e. The number of rotatable bonds is 12. The Morgan fingerprint density at radius 2 is 1.06 bits per heavy atom. The van der Waals surface area contributed by atoms with Gasteiger partial charge in [-0.2, -0.15) is 0 Å². The number of ether oxygens (including phenoxy) is 2. The van der Waals surface area contributed by atoms with E-state index in [1.165, 1.54) is 0 Å². The molecule has 0 aromatic heterocycles. The van der Waals surface area contributed by atoms with Crippen molar-refractivity contribution in [2.24, 2.45) is 20.7 Å². The SMILES string of the molecule is CCOC(=O)c1ccc(N=NN(C)CCCN(C)N=Nc2ccc(C(=O)OCC)cc2)cc1. The van der Waals surface area contributed by atoms with Gasteiger partial charge in [-0.3, -0.25) is 10.0 Å². The lowest BCUT2D eigenvalue weighted by atomic mass is 10.2. The van der Waals surface area contributed by atoms with Gasteiger partial charge in [-0.05, 0) is 68.8 Å². The standard InChI is InChI=1S/C23H30N6O4/c1-5-32-22(30)18-8-12-20(13-9-18)24-26-28(3)16-7-17-29(4)27-25-21-14-10-19(11-15-21)23(31)33-6-2/h8-15H,5-7,16-17H2,1-4H3. The quantitative estimate of drug-likeness (QED) is 0.254. The van der Waals surface area contributed by atoms with Gasteiger partial charge in [0.05, 0.1) is 35.7 Å². The number of carbonyl (C=O) groups excluding carboxylic acids is 2. The van der Waals surface area contributed by atoms with E-state index in [-0.39, 0.29) is 11.9 Å². The maximum absolute atomic E-state index is 11.7. The van der Waals surface area contributed by atoms with E-state index in [0.29, 0.717) is 48.8 Å². The number of esters is 2. The molecule has 0 aliphatic rings. The van der Waals surface area contributed by atoms with Crippen molar-refractivity contribution in [3.8, 4) is 0 Å². The molecule has 0 aliphatic heterocycles. The molecule has 0 radical (unpaired) electrons. The van der Waals surface area contributed by atoms with Gasteiger partial charge in [0.2, 0.25) is 0 Å². The Hall–Kier alpha value is -3.82. The monoisotopic (exact) mass is 454 g/mol. The Morgan fingerprint density at radius 3 is 1.39 bits per heavy atom. The number of hydrogen-bond acceptors (Lipinski definition) is 8. The van der Waals surface area contributed by atoms with E-state index in [4.69, 9.17) is 9.47 Å². The molecule has 0 saturated carbocycles. The average Bonchev–Trinajstić information content (AvgIpc) is 2.82. The third-order valence-corrected chi connectivity index (χ3v) is 4.35. The highest BCUT2D eigenvalue weighted by Gasteiger charge is 2.06. The highest BCUT2D eigenvalue weighted by atomic mass is 16.5. The van der Waals surface area contributed by atoms with Gasteiger partial charge in [0, 0.05) is 27.2 Å². The van der Waals surface area contributed by atoms with Crippen LogP contribution in [-0.4, -0.2) is 62.4 Å². The summed E-state index contributed by atoms with van der Waals surface area (Å²) >= 11 is 0. The third kappa shape index (κ3) is 9.06. The molecule has 2 aromatic rings. The van der Waals surface area contributed by atoms with Crippen LogP contribution >= 0.6 is 0 Å². The molecule has 176 valence electrons. The van der Waals surface area contributed by atoms with E-state index < -0.39 is 0 Å². The Balaban J connectivity index is 1.73. The van der Waals surface area contributed by atoms with E-state index >= 15 is 0 Å². The molecule has 0 atom stereocenters. The van der Waals surface area contributed by atoms with Gasteiger partial charge in [0.1, 0.15) is 0 Å². The Bertz CT molecular complexity index is 867. The van der Waals surface area contributed by atoms with Gasteiger partial charge in [-0.25, -0.2) is 9.59 Å². The molecule has 0 bridgehead atoms. The molecule has 2 rings (SSSR count). The first-order chi connectivity index (χ1) is 15.9. The van der Waals surface area contributed by atoms with Gasteiger partial charge in [-0.15, -0.1) is 10.2 Å². The van der Waals surface area contributed by atoms with Gasteiger partial charge in [0.15, 0.2) is 0 Å². The number of benzene rings is 2. The zero-order valence-electron chi connectivity index (χ0n) is 19.5. The lowest BCUT2D eigenvalue weighted by molar-refractivity contribution is 0.0517. The zero-order chi connectivity index (χ0) is 24.1. The first-order valence-corrected chi connectivity index (χ1v) is 10.7. The minimum Gasteiger partial charge on any atom is -0.462 e. The fourth-order valence-corrected chi connectivity index (χ4v) is 2.63. The Morgan fingerprint density at radius 1 is 0.697 bits per heavy atom. The van der Waals surface area contributed by atoms with Crippen LogP contribution in [0.15, 0.2) is 69.2 Å². The zero-order valence-corrected chi connectivity index (χ0v) is 19.5. The lowest BCUT2D eigenvalue weighted by Crippen LogP contribution is -2.19. The van der Waals surface area contributed by atoms with Gasteiger partial charge in [-0.1, -0.05) is 10.4 Å². The van der Waals surface area contributed by atoms with Gasteiger partial charge < -0.3 is 9.47 Å². The van der Waals surface area contributed by atoms with Crippen LogP contribution in [0.5, 0.6) is 0 Å². The molecule has 0 fully saturated rings. The number of carbonyl (C=O) groups is 2. The van der Waals surface area contributed by atoms with Crippen LogP contribution < -0.4 is 0 Å². The third-order valence-electron chi connectivity index (χ3n) is 4.35. The normalized spacial score (nSPS) is 11.0. The molecule has 0 saturated heterocycles. The number of hydrogen-bond donors (Lipinski definition) is 0. The molecule has 0 spiro atoms. The van der Waals surface area contributed by atoms with Crippen LogP contribution in [0.3, 0.4) is 0 Å². The Labute approximate surface area is 193 Å². The van der Waals surface area contributed by atoms with Crippen LogP contribution in [0.4, 0.5) is 11.4 Å². The fraction of sp³-hybridized carbons (Fsp3) is 0.391. The summed E-state index contributed by atoms with van der Waals surface area (Å²) in [5.41, 5.74) is 2.26. The highest BCUT2D eigenvalue weighted by Crippen LogP contribution is 2.16. The van der Waals surface area contributed by atoms with E-state index in [0.717, 1.165) is 6.42 Å². The second-order valence-electron chi connectivity index (χ2n) is 7.03. The molecule has 10 heteroatoms. The highest BCUT2D eigenvalue weighted by molar-refractivity contribution is 5.90. The van der Waals surface area contributed by atoms with E-state index in [1.807, 2.05) is 14.1 Å². The molecule has 10 nitrogen and oxygen atoms in total. The van der Waals surface area contributed by atoms with Gasteiger partial charge in [0.25, 0.3) is 0 Å². The second-order valence-corrected chi connectivity index (χ2v) is 7.03. The van der Waals surface area contributed by atoms with Crippen LogP contribution in [-0.2, 0) is 9.47 Å². The molecule has 0 amide bonds. The molecule has 33 heavy (non-hydrogen) atoms. The van der Waals surface area contributed by atoms with Crippen LogP contribution in [0.1, 0.15) is 41.0 Å². The molecular weight excluding hydrogens is 424 g/mol. The summed E-state index contributed by atoms with van der Waals surface area (Å²) in [6.45, 7) is 5.57. The summed E-state index contributed by atoms with van der Waals surface area (Å²) in [6, 6.07) is 13.5. The van der Waals surface area contributed by atoms with Crippen molar-refractivity contribution in [2.75, 3.05) is 40.4 Å². The van der Waals surface area contributed by atoms with Crippen molar-refractivity contribution in [2.45, 2.75) is 20.3 Å². The van der Waals surface area contributed by atoms with Crippen molar-refractivity contribution in [1.82, 2.24) is 10.0 Å². The van der Waals surface area contributed by atoms with Crippen LogP contribution in [0, 0.1) is 0 Å². The minimum absolute atomic E-state index is 0.339. The van der Waals surface area contributed by atoms with Crippen molar-refractivity contribution in [1.29, 1.82) is 0 Å². The van der Waals surface area contributed by atoms with E-state index in [2.05, 4.69) is 20.7 Å². The van der Waals surface area contributed by atoms with Crippen molar-refractivity contribution < 1.29 is 19.1 Å². The molecular formula is C23H30N6O4. The molecule has 0 heterocycles. The fourth-order valence-electron chi connectivity index (χ4n) is 2.63. The van der Waals surface area contributed by atoms with Crippen molar-refractivity contribution in [3.63, 3.8) is 0 Å². The summed E-state index contributed by atoms with van der Waals surface area (Å²) in [4.78, 5) is 23.3. The first-order valence-electron chi connectivity index (χ1n) is 10.7. The minimum atomic E-state index is -0.354. The van der Waals surface area contributed by atoms with Crippen LogP contribution in [0.25, 0.3) is 0 Å². The number of nitrogens with zero attached hydrogens (tertiary/aromatic N) is 6.